The molecular weight excluding hydrogens is 416 g/mol. The molecule has 1 aromatic heterocycles. The minimum absolute atomic E-state index is 0.161. The van der Waals surface area contributed by atoms with E-state index in [2.05, 4.69) is 15.3 Å². The van der Waals surface area contributed by atoms with E-state index in [1.54, 1.807) is 50.5 Å². The Labute approximate surface area is 182 Å². The molecule has 0 saturated heterocycles. The molecule has 1 heterocycles. The molecule has 3 rings (SSSR count). The highest BCUT2D eigenvalue weighted by molar-refractivity contribution is 7.89. The van der Waals surface area contributed by atoms with Crippen molar-refractivity contribution in [2.75, 3.05) is 18.4 Å². The summed E-state index contributed by atoms with van der Waals surface area (Å²) in [5, 5.41) is 2.84. The van der Waals surface area contributed by atoms with Crippen molar-refractivity contribution in [2.24, 2.45) is 0 Å². The normalized spacial score (nSPS) is 11.4. The van der Waals surface area contributed by atoms with Gasteiger partial charge in [0.1, 0.15) is 5.75 Å². The Morgan fingerprint density at radius 2 is 1.68 bits per heavy atom. The van der Waals surface area contributed by atoms with Crippen molar-refractivity contribution < 1.29 is 17.9 Å². The number of amides is 1. The molecule has 3 aromatic rings. The zero-order chi connectivity index (χ0) is 22.4. The lowest BCUT2D eigenvalue weighted by Crippen LogP contribution is -2.30. The number of ether oxygens (including phenoxy) is 1. The predicted octanol–water partition coefficient (Wildman–Crippen LogP) is 3.86. The monoisotopic (exact) mass is 440 g/mol. The van der Waals surface area contributed by atoms with Crippen molar-refractivity contribution in [2.45, 2.75) is 25.7 Å². The van der Waals surface area contributed by atoms with Gasteiger partial charge in [-0.1, -0.05) is 13.8 Å². The van der Waals surface area contributed by atoms with Crippen molar-refractivity contribution in [3.05, 3.63) is 72.1 Å². The molecule has 0 unspecified atom stereocenters. The number of carbonyl (C=O) groups is 1. The molecule has 0 atom stereocenters. The van der Waals surface area contributed by atoms with Gasteiger partial charge in [-0.25, -0.2) is 18.4 Å². The van der Waals surface area contributed by atoms with Gasteiger partial charge in [0.2, 0.25) is 10.0 Å². The summed E-state index contributed by atoms with van der Waals surface area (Å²) in [4.78, 5) is 20.8. The van der Waals surface area contributed by atoms with Crippen LogP contribution in [0, 0.1) is 6.92 Å². The molecule has 0 aliphatic carbocycles. The maximum absolute atomic E-state index is 12.6. The van der Waals surface area contributed by atoms with Gasteiger partial charge in [0.25, 0.3) is 5.91 Å². The van der Waals surface area contributed by atoms with Crippen molar-refractivity contribution in [1.82, 2.24) is 14.3 Å². The first-order valence-corrected chi connectivity index (χ1v) is 11.3. The van der Waals surface area contributed by atoms with E-state index in [9.17, 15) is 13.2 Å². The topological polar surface area (TPSA) is 101 Å². The lowest BCUT2D eigenvalue weighted by atomic mass is 10.1. The van der Waals surface area contributed by atoms with E-state index in [0.717, 1.165) is 5.56 Å². The first-order chi connectivity index (χ1) is 14.8. The van der Waals surface area contributed by atoms with Crippen molar-refractivity contribution in [1.29, 1.82) is 0 Å². The summed E-state index contributed by atoms with van der Waals surface area (Å²) in [7, 11) is -3.56. The third-order valence-corrected chi connectivity index (χ3v) is 6.72. The van der Waals surface area contributed by atoms with Gasteiger partial charge in [0.15, 0.2) is 0 Å². The van der Waals surface area contributed by atoms with Gasteiger partial charge < -0.3 is 10.1 Å². The molecule has 0 aliphatic rings. The maximum atomic E-state index is 12.6. The summed E-state index contributed by atoms with van der Waals surface area (Å²) >= 11 is 0. The molecule has 8 nitrogen and oxygen atoms in total. The second-order valence-corrected chi connectivity index (χ2v) is 8.62. The number of aromatic nitrogens is 2. The molecule has 0 saturated carbocycles. The molecule has 1 N–H and O–H groups in total. The van der Waals surface area contributed by atoms with Crippen molar-refractivity contribution in [3.63, 3.8) is 0 Å². The summed E-state index contributed by atoms with van der Waals surface area (Å²) in [5.41, 5.74) is 1.77. The van der Waals surface area contributed by atoms with Crippen LogP contribution in [0.4, 0.5) is 5.69 Å². The van der Waals surface area contributed by atoms with E-state index in [1.165, 1.54) is 28.6 Å². The summed E-state index contributed by atoms with van der Waals surface area (Å²) in [5.74, 6) is 0.211. The van der Waals surface area contributed by atoms with Crippen LogP contribution in [0.25, 0.3) is 0 Å². The van der Waals surface area contributed by atoms with Gasteiger partial charge in [-0.3, -0.25) is 4.79 Å². The molecule has 2 aromatic carbocycles. The number of anilines is 1. The summed E-state index contributed by atoms with van der Waals surface area (Å²) in [6.07, 6.45) is 3.17. The SMILES string of the molecule is CCN(CC)S(=O)(=O)c1ccc(C(=O)Nc2ccc(Oc3ncccn3)cc2C)cc1. The molecule has 0 fully saturated rings. The summed E-state index contributed by atoms with van der Waals surface area (Å²) < 4.78 is 32.1. The Balaban J connectivity index is 1.71. The summed E-state index contributed by atoms with van der Waals surface area (Å²) in [6, 6.07) is 13.0. The second kappa shape index (κ2) is 9.67. The van der Waals surface area contributed by atoms with Crippen LogP contribution in [0.15, 0.2) is 65.8 Å². The average molecular weight is 441 g/mol. The fraction of sp³-hybridized carbons (Fsp3) is 0.227. The molecule has 0 radical (unpaired) electrons. The molecule has 0 spiro atoms. The van der Waals surface area contributed by atoms with E-state index >= 15 is 0 Å². The smallest absolute Gasteiger partial charge is 0.321 e. The molecule has 0 aliphatic heterocycles. The van der Waals surface area contributed by atoms with Gasteiger partial charge in [0, 0.05) is 36.7 Å². The second-order valence-electron chi connectivity index (χ2n) is 6.68. The Kier molecular flexibility index (Phi) is 6.98. The highest BCUT2D eigenvalue weighted by Gasteiger charge is 2.21. The van der Waals surface area contributed by atoms with Crippen LogP contribution in [-0.2, 0) is 10.0 Å². The molecule has 162 valence electrons. The number of sulfonamides is 1. The number of benzene rings is 2. The highest BCUT2D eigenvalue weighted by atomic mass is 32.2. The van der Waals surface area contributed by atoms with Crippen molar-refractivity contribution >= 4 is 21.6 Å². The lowest BCUT2D eigenvalue weighted by molar-refractivity contribution is 0.102. The summed E-state index contributed by atoms with van der Waals surface area (Å²) in [6.45, 7) is 6.18. The van der Waals surface area contributed by atoms with Crippen LogP contribution in [0.3, 0.4) is 0 Å². The number of nitrogens with one attached hydrogen (secondary N) is 1. The fourth-order valence-electron chi connectivity index (χ4n) is 2.97. The average Bonchev–Trinajstić information content (AvgIpc) is 2.77. The molecular formula is C22H24N4O4S. The van der Waals surface area contributed by atoms with Crippen molar-refractivity contribution in [3.8, 4) is 11.8 Å². The number of hydrogen-bond acceptors (Lipinski definition) is 6. The quantitative estimate of drug-likeness (QED) is 0.571. The van der Waals surface area contributed by atoms with Crippen LogP contribution in [-0.4, -0.2) is 41.7 Å². The van der Waals surface area contributed by atoms with E-state index in [1.807, 2.05) is 6.92 Å². The zero-order valence-electron chi connectivity index (χ0n) is 17.6. The van der Waals surface area contributed by atoms with Gasteiger partial charge in [-0.2, -0.15) is 4.31 Å². The standard InChI is InChI=1S/C22H24N4O4S/c1-4-26(5-2)31(28,29)19-10-7-17(8-11-19)21(27)25-20-12-9-18(15-16(20)3)30-22-23-13-6-14-24-22/h6-15H,4-5H2,1-3H3,(H,25,27). The lowest BCUT2D eigenvalue weighted by Gasteiger charge is -2.18. The predicted molar refractivity (Wildman–Crippen MR) is 118 cm³/mol. The van der Waals surface area contributed by atoms with Gasteiger partial charge in [-0.15, -0.1) is 0 Å². The highest BCUT2D eigenvalue weighted by Crippen LogP contribution is 2.25. The van der Waals surface area contributed by atoms with Crippen LogP contribution in [0.5, 0.6) is 11.8 Å². The minimum atomic E-state index is -3.56. The number of aryl methyl sites for hydroxylation is 1. The number of nitrogens with zero attached hydrogens (tertiary/aromatic N) is 3. The van der Waals surface area contributed by atoms with Crippen LogP contribution in [0.2, 0.25) is 0 Å². The van der Waals surface area contributed by atoms with E-state index in [0.29, 0.717) is 30.1 Å². The first kappa shape index (κ1) is 22.4. The van der Waals surface area contributed by atoms with Gasteiger partial charge in [-0.05, 0) is 61.0 Å². The van der Waals surface area contributed by atoms with E-state index < -0.39 is 10.0 Å². The van der Waals surface area contributed by atoms with Crippen LogP contribution < -0.4 is 10.1 Å². The van der Waals surface area contributed by atoms with Gasteiger partial charge in [0.05, 0.1) is 4.90 Å². The Morgan fingerprint density at radius 3 is 2.26 bits per heavy atom. The van der Waals surface area contributed by atoms with E-state index in [-0.39, 0.29) is 16.8 Å². The molecule has 1 amide bonds. The maximum Gasteiger partial charge on any atom is 0.321 e. The number of hydrogen-bond donors (Lipinski definition) is 1. The number of rotatable bonds is 8. The van der Waals surface area contributed by atoms with Crippen LogP contribution in [0.1, 0.15) is 29.8 Å². The number of carbonyl (C=O) groups excluding carboxylic acids is 1. The van der Waals surface area contributed by atoms with E-state index in [4.69, 9.17) is 4.74 Å². The van der Waals surface area contributed by atoms with Gasteiger partial charge >= 0.3 is 6.01 Å². The molecule has 31 heavy (non-hydrogen) atoms. The fourth-order valence-corrected chi connectivity index (χ4v) is 4.43. The molecule has 9 heteroatoms. The third-order valence-electron chi connectivity index (χ3n) is 4.66. The Hall–Kier alpha value is -3.30. The van der Waals surface area contributed by atoms with Crippen LogP contribution >= 0.6 is 0 Å². The molecule has 0 bridgehead atoms. The Bertz CT molecular complexity index is 1150. The third kappa shape index (κ3) is 5.25. The first-order valence-electron chi connectivity index (χ1n) is 9.82. The largest absolute Gasteiger partial charge is 0.424 e. The Morgan fingerprint density at radius 1 is 1.03 bits per heavy atom. The zero-order valence-corrected chi connectivity index (χ0v) is 18.4. The minimum Gasteiger partial charge on any atom is -0.424 e.